The molecule has 1 N–H and O–H groups in total. The van der Waals surface area contributed by atoms with E-state index in [2.05, 4.69) is 20.1 Å². The molecule has 0 unspecified atom stereocenters. The van der Waals surface area contributed by atoms with Crippen LogP contribution in [0.15, 0.2) is 73.1 Å². The Balaban J connectivity index is 1.39. The molecule has 1 aromatic heterocycles. The van der Waals surface area contributed by atoms with Crippen LogP contribution >= 0.6 is 0 Å². The Bertz CT molecular complexity index is 1160. The predicted molar refractivity (Wildman–Crippen MR) is 135 cm³/mol. The number of hydrogen-bond acceptors (Lipinski definition) is 7. The number of nitrogens with one attached hydrogen (secondary N) is 1. The molecule has 5 rings (SSSR count). The highest BCUT2D eigenvalue weighted by atomic mass is 16.5. The number of imide groups is 1. The standard InChI is InChI=1S/C27H29N5O4/c1-35-23-7-3-20(4-8-23)27(21-5-9-24(36-2)10-6-21)25(33)32(26(34)29-27)19-30-15-17-31(18-16-30)22-11-13-28-14-12-22/h3-14H,15-19H2,1-2H3,(H,29,34). The van der Waals surface area contributed by atoms with Gasteiger partial charge < -0.3 is 19.7 Å². The van der Waals surface area contributed by atoms with E-state index in [1.54, 1.807) is 50.9 Å². The third-order valence-corrected chi connectivity index (χ3v) is 6.89. The number of rotatable bonds is 7. The van der Waals surface area contributed by atoms with Gasteiger partial charge in [-0.2, -0.15) is 0 Å². The number of nitrogens with zero attached hydrogens (tertiary/aromatic N) is 4. The van der Waals surface area contributed by atoms with Crippen molar-refractivity contribution < 1.29 is 19.1 Å². The fraction of sp³-hybridized carbons (Fsp3) is 0.296. The minimum Gasteiger partial charge on any atom is -0.497 e. The summed E-state index contributed by atoms with van der Waals surface area (Å²) in [6.07, 6.45) is 3.57. The van der Waals surface area contributed by atoms with Crippen molar-refractivity contribution in [1.82, 2.24) is 20.1 Å². The molecule has 0 atom stereocenters. The van der Waals surface area contributed by atoms with Gasteiger partial charge in [-0.15, -0.1) is 0 Å². The predicted octanol–water partition coefficient (Wildman–Crippen LogP) is 2.67. The van der Waals surface area contributed by atoms with Crippen molar-refractivity contribution in [1.29, 1.82) is 0 Å². The molecule has 9 nitrogen and oxygen atoms in total. The van der Waals surface area contributed by atoms with E-state index in [0.717, 1.165) is 31.9 Å². The number of piperazine rings is 1. The molecule has 2 aromatic carbocycles. The Labute approximate surface area is 210 Å². The first kappa shape index (κ1) is 23.6. The largest absolute Gasteiger partial charge is 0.497 e. The fourth-order valence-corrected chi connectivity index (χ4v) is 4.85. The normalized spacial score (nSPS) is 17.7. The average Bonchev–Trinajstić information content (AvgIpc) is 3.19. The van der Waals surface area contributed by atoms with Crippen LogP contribution in [0.25, 0.3) is 0 Å². The van der Waals surface area contributed by atoms with E-state index in [0.29, 0.717) is 22.6 Å². The number of amides is 3. The summed E-state index contributed by atoms with van der Waals surface area (Å²) in [5, 5.41) is 3.01. The van der Waals surface area contributed by atoms with Gasteiger partial charge in [0.1, 0.15) is 11.5 Å². The molecule has 0 aliphatic carbocycles. The molecule has 9 heteroatoms. The van der Waals surface area contributed by atoms with E-state index < -0.39 is 11.6 Å². The summed E-state index contributed by atoms with van der Waals surface area (Å²) < 4.78 is 10.6. The lowest BCUT2D eigenvalue weighted by atomic mass is 9.82. The van der Waals surface area contributed by atoms with Gasteiger partial charge in [-0.05, 0) is 47.5 Å². The minimum atomic E-state index is -1.34. The van der Waals surface area contributed by atoms with Crippen LogP contribution in [0.4, 0.5) is 10.5 Å². The first-order valence-corrected chi connectivity index (χ1v) is 11.9. The highest BCUT2D eigenvalue weighted by Gasteiger charge is 2.54. The number of ether oxygens (including phenoxy) is 2. The SMILES string of the molecule is COc1ccc(C2(c3ccc(OC)cc3)NC(=O)N(CN3CCN(c4ccncc4)CC3)C2=O)cc1. The van der Waals surface area contributed by atoms with Crippen molar-refractivity contribution in [2.24, 2.45) is 0 Å². The van der Waals surface area contributed by atoms with Crippen molar-refractivity contribution in [2.75, 3.05) is 52.0 Å². The van der Waals surface area contributed by atoms with Gasteiger partial charge in [0.25, 0.3) is 5.91 Å². The molecule has 3 heterocycles. The van der Waals surface area contributed by atoms with Crippen LogP contribution in [0.3, 0.4) is 0 Å². The summed E-state index contributed by atoms with van der Waals surface area (Å²) in [5.74, 6) is 1.04. The quantitative estimate of drug-likeness (QED) is 0.513. The molecule has 186 valence electrons. The lowest BCUT2D eigenvalue weighted by Crippen LogP contribution is -2.52. The Hall–Kier alpha value is -4.11. The smallest absolute Gasteiger partial charge is 0.326 e. The van der Waals surface area contributed by atoms with Crippen molar-refractivity contribution in [2.45, 2.75) is 5.54 Å². The van der Waals surface area contributed by atoms with Crippen LogP contribution in [-0.4, -0.2) is 73.8 Å². The Morgan fingerprint density at radius 1 is 0.806 bits per heavy atom. The van der Waals surface area contributed by atoms with Crippen molar-refractivity contribution >= 4 is 17.6 Å². The maximum Gasteiger partial charge on any atom is 0.326 e. The number of pyridine rings is 1. The molecular formula is C27H29N5O4. The molecule has 3 amide bonds. The van der Waals surface area contributed by atoms with Crippen LogP contribution in [0.5, 0.6) is 11.5 Å². The lowest BCUT2D eigenvalue weighted by molar-refractivity contribution is -0.131. The summed E-state index contributed by atoms with van der Waals surface area (Å²) >= 11 is 0. The number of urea groups is 1. The zero-order valence-electron chi connectivity index (χ0n) is 20.4. The van der Waals surface area contributed by atoms with E-state index in [1.807, 2.05) is 36.4 Å². The number of carbonyl (C=O) groups excluding carboxylic acids is 2. The molecule has 2 fully saturated rings. The first-order chi connectivity index (χ1) is 17.5. The maximum atomic E-state index is 14.0. The third-order valence-electron chi connectivity index (χ3n) is 6.89. The number of anilines is 1. The van der Waals surface area contributed by atoms with Gasteiger partial charge in [-0.1, -0.05) is 24.3 Å². The lowest BCUT2D eigenvalue weighted by Gasteiger charge is -2.37. The summed E-state index contributed by atoms with van der Waals surface area (Å²) in [5.41, 5.74) is 1.11. The molecule has 0 spiro atoms. The van der Waals surface area contributed by atoms with E-state index >= 15 is 0 Å². The number of carbonyl (C=O) groups is 2. The molecule has 0 radical (unpaired) electrons. The van der Waals surface area contributed by atoms with Crippen LogP contribution in [0.2, 0.25) is 0 Å². The Morgan fingerprint density at radius 3 is 1.83 bits per heavy atom. The van der Waals surface area contributed by atoms with Gasteiger partial charge in [-0.25, -0.2) is 9.69 Å². The minimum absolute atomic E-state index is 0.225. The highest BCUT2D eigenvalue weighted by molar-refractivity contribution is 6.09. The highest BCUT2D eigenvalue weighted by Crippen LogP contribution is 2.37. The van der Waals surface area contributed by atoms with Crippen LogP contribution in [-0.2, 0) is 10.3 Å². The fourth-order valence-electron chi connectivity index (χ4n) is 4.85. The number of hydrogen-bond donors (Lipinski definition) is 1. The molecule has 0 bridgehead atoms. The van der Waals surface area contributed by atoms with Gasteiger partial charge in [0, 0.05) is 44.3 Å². The Morgan fingerprint density at radius 2 is 1.33 bits per heavy atom. The number of methoxy groups -OCH3 is 2. The monoisotopic (exact) mass is 487 g/mol. The van der Waals surface area contributed by atoms with Gasteiger partial charge in [0.2, 0.25) is 0 Å². The number of benzene rings is 2. The van der Waals surface area contributed by atoms with Crippen LogP contribution in [0, 0.1) is 0 Å². The molecular weight excluding hydrogens is 458 g/mol. The van der Waals surface area contributed by atoms with Gasteiger partial charge in [0.15, 0.2) is 5.54 Å². The molecule has 2 saturated heterocycles. The zero-order chi connectivity index (χ0) is 25.1. The molecule has 0 saturated carbocycles. The van der Waals surface area contributed by atoms with E-state index in [1.165, 1.54) is 4.90 Å². The van der Waals surface area contributed by atoms with Crippen molar-refractivity contribution in [3.63, 3.8) is 0 Å². The summed E-state index contributed by atoms with van der Waals surface area (Å²) in [6.45, 7) is 3.29. The summed E-state index contributed by atoms with van der Waals surface area (Å²) in [6, 6.07) is 18.0. The number of aromatic nitrogens is 1. The second-order valence-electron chi connectivity index (χ2n) is 8.82. The second kappa shape index (κ2) is 9.87. The van der Waals surface area contributed by atoms with Gasteiger partial charge in [-0.3, -0.25) is 14.7 Å². The summed E-state index contributed by atoms with van der Waals surface area (Å²) in [7, 11) is 3.18. The average molecular weight is 488 g/mol. The molecule has 36 heavy (non-hydrogen) atoms. The molecule has 3 aromatic rings. The van der Waals surface area contributed by atoms with Crippen LogP contribution in [0.1, 0.15) is 11.1 Å². The first-order valence-electron chi connectivity index (χ1n) is 11.9. The third kappa shape index (κ3) is 4.22. The maximum absolute atomic E-state index is 14.0. The van der Waals surface area contributed by atoms with Crippen molar-refractivity contribution in [3.05, 3.63) is 84.2 Å². The van der Waals surface area contributed by atoms with E-state index in [-0.39, 0.29) is 12.6 Å². The zero-order valence-corrected chi connectivity index (χ0v) is 20.4. The molecule has 2 aliphatic heterocycles. The second-order valence-corrected chi connectivity index (χ2v) is 8.82. The Kier molecular flexibility index (Phi) is 6.47. The van der Waals surface area contributed by atoms with E-state index in [9.17, 15) is 9.59 Å². The van der Waals surface area contributed by atoms with Gasteiger partial charge in [0.05, 0.1) is 20.9 Å². The van der Waals surface area contributed by atoms with Crippen molar-refractivity contribution in [3.8, 4) is 11.5 Å². The summed E-state index contributed by atoms with van der Waals surface area (Å²) in [4.78, 5) is 37.1. The van der Waals surface area contributed by atoms with Crippen LogP contribution < -0.4 is 19.7 Å². The van der Waals surface area contributed by atoms with E-state index in [4.69, 9.17) is 9.47 Å². The topological polar surface area (TPSA) is 87.2 Å². The van der Waals surface area contributed by atoms with Gasteiger partial charge >= 0.3 is 6.03 Å². The molecule has 2 aliphatic rings.